The van der Waals surface area contributed by atoms with Crippen LogP contribution in [0.2, 0.25) is 0 Å². The van der Waals surface area contributed by atoms with E-state index in [2.05, 4.69) is 4.98 Å². The van der Waals surface area contributed by atoms with E-state index in [0.717, 1.165) is 18.4 Å². The van der Waals surface area contributed by atoms with Gasteiger partial charge in [0.05, 0.1) is 24.8 Å². The van der Waals surface area contributed by atoms with E-state index < -0.39 is 5.92 Å². The summed E-state index contributed by atoms with van der Waals surface area (Å²) < 4.78 is 10.4. The molecule has 1 atom stereocenters. The molecule has 132 valence electrons. The SMILES string of the molecule is CCOC(=O)C(C)c1ccc2c(n1)N(C(=O)OCC(C)C)CCC2. The van der Waals surface area contributed by atoms with Crippen molar-refractivity contribution in [3.63, 3.8) is 0 Å². The number of carbonyl (C=O) groups is 2. The minimum absolute atomic E-state index is 0.279. The van der Waals surface area contributed by atoms with Gasteiger partial charge in [-0.05, 0) is 44.2 Å². The van der Waals surface area contributed by atoms with E-state index in [0.29, 0.717) is 31.3 Å². The Morgan fingerprint density at radius 1 is 1.25 bits per heavy atom. The Kier molecular flexibility index (Phi) is 6.17. The van der Waals surface area contributed by atoms with Crippen LogP contribution in [0.15, 0.2) is 12.1 Å². The first kappa shape index (κ1) is 18.2. The molecular weight excluding hydrogens is 308 g/mol. The van der Waals surface area contributed by atoms with Crippen molar-refractivity contribution in [2.24, 2.45) is 5.92 Å². The molecule has 1 aromatic rings. The smallest absolute Gasteiger partial charge is 0.415 e. The van der Waals surface area contributed by atoms with Gasteiger partial charge >= 0.3 is 12.1 Å². The molecule has 6 nitrogen and oxygen atoms in total. The number of rotatable bonds is 5. The molecule has 0 bridgehead atoms. The van der Waals surface area contributed by atoms with Gasteiger partial charge in [0, 0.05) is 6.54 Å². The Bertz CT molecular complexity index is 601. The van der Waals surface area contributed by atoms with Crippen LogP contribution in [0.4, 0.5) is 10.6 Å². The van der Waals surface area contributed by atoms with Crippen LogP contribution in [0.25, 0.3) is 0 Å². The van der Waals surface area contributed by atoms with Gasteiger partial charge in [0.2, 0.25) is 0 Å². The van der Waals surface area contributed by atoms with Crippen molar-refractivity contribution in [2.75, 3.05) is 24.7 Å². The summed E-state index contributed by atoms with van der Waals surface area (Å²) in [5, 5.41) is 0. The molecule has 0 fully saturated rings. The number of pyridine rings is 1. The first-order valence-corrected chi connectivity index (χ1v) is 8.54. The van der Waals surface area contributed by atoms with E-state index in [9.17, 15) is 9.59 Å². The van der Waals surface area contributed by atoms with Gasteiger partial charge in [-0.15, -0.1) is 0 Å². The molecule has 1 aliphatic rings. The maximum Gasteiger partial charge on any atom is 0.415 e. The van der Waals surface area contributed by atoms with Gasteiger partial charge in [0.15, 0.2) is 0 Å². The van der Waals surface area contributed by atoms with Crippen molar-refractivity contribution >= 4 is 17.9 Å². The molecule has 0 saturated carbocycles. The third kappa shape index (κ3) is 4.24. The van der Waals surface area contributed by atoms with Crippen LogP contribution in [-0.4, -0.2) is 36.8 Å². The Morgan fingerprint density at radius 3 is 2.67 bits per heavy atom. The number of hydrogen-bond acceptors (Lipinski definition) is 5. The van der Waals surface area contributed by atoms with Gasteiger partial charge in [-0.25, -0.2) is 9.78 Å². The zero-order valence-corrected chi connectivity index (χ0v) is 14.9. The van der Waals surface area contributed by atoms with Crippen molar-refractivity contribution in [1.82, 2.24) is 4.98 Å². The second-order valence-electron chi connectivity index (χ2n) is 6.42. The summed E-state index contributed by atoms with van der Waals surface area (Å²) in [7, 11) is 0. The molecule has 2 heterocycles. The number of esters is 1. The number of amides is 1. The summed E-state index contributed by atoms with van der Waals surface area (Å²) in [6.45, 7) is 8.82. The molecule has 0 aliphatic carbocycles. The van der Waals surface area contributed by atoms with E-state index in [1.54, 1.807) is 18.7 Å². The number of carbonyl (C=O) groups excluding carboxylic acids is 2. The van der Waals surface area contributed by atoms with Crippen LogP contribution in [0.3, 0.4) is 0 Å². The lowest BCUT2D eigenvalue weighted by Crippen LogP contribution is -2.37. The fourth-order valence-electron chi connectivity index (χ4n) is 2.58. The van der Waals surface area contributed by atoms with Crippen LogP contribution in [0.1, 0.15) is 51.3 Å². The lowest BCUT2D eigenvalue weighted by atomic mass is 10.0. The predicted octanol–water partition coefficient (Wildman–Crippen LogP) is 3.29. The summed E-state index contributed by atoms with van der Waals surface area (Å²) in [4.78, 5) is 30.4. The predicted molar refractivity (Wildman–Crippen MR) is 91.1 cm³/mol. The van der Waals surface area contributed by atoms with Gasteiger partial charge in [0.25, 0.3) is 0 Å². The quantitative estimate of drug-likeness (QED) is 0.773. The van der Waals surface area contributed by atoms with Gasteiger partial charge in [-0.3, -0.25) is 9.69 Å². The molecule has 0 radical (unpaired) electrons. The largest absolute Gasteiger partial charge is 0.465 e. The van der Waals surface area contributed by atoms with Crippen molar-refractivity contribution in [3.05, 3.63) is 23.4 Å². The number of aryl methyl sites for hydroxylation is 1. The topological polar surface area (TPSA) is 68.7 Å². The van der Waals surface area contributed by atoms with Crippen molar-refractivity contribution < 1.29 is 19.1 Å². The fraction of sp³-hybridized carbons (Fsp3) is 0.611. The van der Waals surface area contributed by atoms with Crippen molar-refractivity contribution in [3.8, 4) is 0 Å². The maximum atomic E-state index is 12.4. The Labute approximate surface area is 143 Å². The molecular formula is C18H26N2O4. The number of aromatic nitrogens is 1. The van der Waals surface area contributed by atoms with E-state index in [4.69, 9.17) is 9.47 Å². The fourth-order valence-corrected chi connectivity index (χ4v) is 2.58. The van der Waals surface area contributed by atoms with Gasteiger partial charge < -0.3 is 9.47 Å². The molecule has 1 aliphatic heterocycles. The van der Waals surface area contributed by atoms with Crippen LogP contribution in [-0.2, 0) is 20.7 Å². The first-order valence-electron chi connectivity index (χ1n) is 8.54. The van der Waals surface area contributed by atoms with Crippen LogP contribution >= 0.6 is 0 Å². The maximum absolute atomic E-state index is 12.4. The van der Waals surface area contributed by atoms with Crippen LogP contribution in [0.5, 0.6) is 0 Å². The summed E-state index contributed by atoms with van der Waals surface area (Å²) >= 11 is 0. The summed E-state index contributed by atoms with van der Waals surface area (Å²) in [5.41, 5.74) is 1.61. The van der Waals surface area contributed by atoms with Gasteiger partial charge in [0.1, 0.15) is 5.82 Å². The van der Waals surface area contributed by atoms with Crippen LogP contribution < -0.4 is 4.90 Å². The lowest BCUT2D eigenvalue weighted by Gasteiger charge is -2.28. The highest BCUT2D eigenvalue weighted by Gasteiger charge is 2.27. The lowest BCUT2D eigenvalue weighted by molar-refractivity contribution is -0.144. The Balaban J connectivity index is 2.22. The molecule has 1 amide bonds. The number of fused-ring (bicyclic) bond motifs is 1. The molecule has 0 aromatic carbocycles. The van der Waals surface area contributed by atoms with Crippen molar-refractivity contribution in [1.29, 1.82) is 0 Å². The van der Waals surface area contributed by atoms with Gasteiger partial charge in [-0.2, -0.15) is 0 Å². The van der Waals surface area contributed by atoms with E-state index in [1.807, 2.05) is 26.0 Å². The monoisotopic (exact) mass is 334 g/mol. The molecule has 24 heavy (non-hydrogen) atoms. The molecule has 6 heteroatoms. The summed E-state index contributed by atoms with van der Waals surface area (Å²) in [5.74, 6) is 0.102. The summed E-state index contributed by atoms with van der Waals surface area (Å²) in [6.07, 6.45) is 1.36. The molecule has 2 rings (SSSR count). The van der Waals surface area contributed by atoms with Crippen molar-refractivity contribution in [2.45, 2.75) is 46.5 Å². The van der Waals surface area contributed by atoms with E-state index in [-0.39, 0.29) is 18.0 Å². The van der Waals surface area contributed by atoms with E-state index in [1.165, 1.54) is 0 Å². The Morgan fingerprint density at radius 2 is 2.00 bits per heavy atom. The average molecular weight is 334 g/mol. The second-order valence-corrected chi connectivity index (χ2v) is 6.42. The first-order chi connectivity index (χ1) is 11.4. The number of hydrogen-bond donors (Lipinski definition) is 0. The zero-order valence-electron chi connectivity index (χ0n) is 14.9. The molecule has 0 N–H and O–H groups in total. The highest BCUT2D eigenvalue weighted by atomic mass is 16.6. The second kappa shape index (κ2) is 8.13. The zero-order chi connectivity index (χ0) is 17.7. The van der Waals surface area contributed by atoms with Crippen LogP contribution in [0, 0.1) is 5.92 Å². The minimum Gasteiger partial charge on any atom is -0.465 e. The highest BCUT2D eigenvalue weighted by Crippen LogP contribution is 2.28. The minimum atomic E-state index is -0.467. The van der Waals surface area contributed by atoms with E-state index >= 15 is 0 Å². The normalized spacial score (nSPS) is 15.0. The number of ether oxygens (including phenoxy) is 2. The highest BCUT2D eigenvalue weighted by molar-refractivity contribution is 5.88. The Hall–Kier alpha value is -2.11. The summed E-state index contributed by atoms with van der Waals surface area (Å²) in [6, 6.07) is 3.78. The van der Waals surface area contributed by atoms with Gasteiger partial charge in [-0.1, -0.05) is 19.9 Å². The average Bonchev–Trinajstić information content (AvgIpc) is 2.58. The standard InChI is InChI=1S/C18H26N2O4/c1-5-23-17(21)13(4)15-9-8-14-7-6-10-20(16(14)19-15)18(22)24-11-12(2)3/h8-9,12-13H,5-7,10-11H2,1-4H3. The molecule has 0 saturated heterocycles. The molecule has 1 aromatic heterocycles. The number of anilines is 1. The third-order valence-corrected chi connectivity index (χ3v) is 3.91. The third-order valence-electron chi connectivity index (χ3n) is 3.91. The molecule has 0 spiro atoms. The molecule has 1 unspecified atom stereocenters. The number of nitrogens with zero attached hydrogens (tertiary/aromatic N) is 2.